The molecule has 0 N–H and O–H groups in total. The van der Waals surface area contributed by atoms with Gasteiger partial charge in [-0.15, -0.1) is 11.3 Å². The summed E-state index contributed by atoms with van der Waals surface area (Å²) < 4.78 is 32.7. The number of aromatic nitrogens is 1. The molecule has 108 valence electrons. The van der Waals surface area contributed by atoms with Gasteiger partial charge in [0.25, 0.3) is 10.0 Å². The first-order valence-corrected chi connectivity index (χ1v) is 8.76. The molecule has 1 aromatic rings. The van der Waals surface area contributed by atoms with Gasteiger partial charge in [0, 0.05) is 19.7 Å². The lowest BCUT2D eigenvalue weighted by molar-refractivity contribution is 0.0265. The first-order valence-electron chi connectivity index (χ1n) is 6.51. The van der Waals surface area contributed by atoms with Crippen molar-refractivity contribution in [2.75, 3.05) is 19.7 Å². The summed E-state index contributed by atoms with van der Waals surface area (Å²) in [6.45, 7) is 7.16. The Bertz CT molecular complexity index is 537. The number of aryl methyl sites for hydroxylation is 2. The van der Waals surface area contributed by atoms with Crippen molar-refractivity contribution in [3.63, 3.8) is 0 Å². The molecule has 0 radical (unpaired) electrons. The van der Waals surface area contributed by atoms with Crippen molar-refractivity contribution in [3.8, 4) is 0 Å². The Balaban J connectivity index is 2.22. The maximum Gasteiger partial charge on any atom is 0.254 e. The molecule has 0 bridgehead atoms. The average molecular weight is 304 g/mol. The van der Waals surface area contributed by atoms with Crippen LogP contribution in [0.25, 0.3) is 0 Å². The van der Waals surface area contributed by atoms with Crippen LogP contribution in [0.4, 0.5) is 0 Å². The highest BCUT2D eigenvalue weighted by Crippen LogP contribution is 2.28. The van der Waals surface area contributed by atoms with Crippen molar-refractivity contribution in [1.29, 1.82) is 0 Å². The van der Waals surface area contributed by atoms with Gasteiger partial charge in [-0.25, -0.2) is 13.4 Å². The maximum atomic E-state index is 12.6. The molecular formula is C12H20N2O3S2. The zero-order valence-electron chi connectivity index (χ0n) is 11.5. The summed E-state index contributed by atoms with van der Waals surface area (Å²) in [5.74, 6) is 0. The molecule has 1 aromatic heterocycles. The molecule has 1 atom stereocenters. The molecule has 0 saturated carbocycles. The molecule has 1 fully saturated rings. The number of thiazole rings is 1. The van der Waals surface area contributed by atoms with Crippen LogP contribution in [0.5, 0.6) is 0 Å². The van der Waals surface area contributed by atoms with Crippen LogP contribution < -0.4 is 0 Å². The monoisotopic (exact) mass is 304 g/mol. The Kier molecular flexibility index (Phi) is 4.60. The van der Waals surface area contributed by atoms with Crippen molar-refractivity contribution in [1.82, 2.24) is 9.29 Å². The molecule has 0 amide bonds. The van der Waals surface area contributed by atoms with E-state index in [9.17, 15) is 8.42 Å². The van der Waals surface area contributed by atoms with Crippen molar-refractivity contribution < 1.29 is 13.2 Å². The topological polar surface area (TPSA) is 59.5 Å². The molecule has 1 aliphatic heterocycles. The Morgan fingerprint density at radius 3 is 2.79 bits per heavy atom. The normalized spacial score (nSPS) is 21.7. The van der Waals surface area contributed by atoms with E-state index in [1.807, 2.05) is 13.8 Å². The van der Waals surface area contributed by atoms with E-state index >= 15 is 0 Å². The van der Waals surface area contributed by atoms with E-state index < -0.39 is 10.0 Å². The third-order valence-corrected chi connectivity index (χ3v) is 6.70. The summed E-state index contributed by atoms with van der Waals surface area (Å²) in [6.07, 6.45) is 1.80. The van der Waals surface area contributed by atoms with E-state index in [0.29, 0.717) is 29.6 Å². The van der Waals surface area contributed by atoms with Gasteiger partial charge in [0.05, 0.1) is 16.8 Å². The van der Waals surface area contributed by atoms with Crippen LogP contribution in [-0.4, -0.2) is 43.5 Å². The first kappa shape index (κ1) is 14.9. The van der Waals surface area contributed by atoms with Crippen molar-refractivity contribution >= 4 is 21.4 Å². The van der Waals surface area contributed by atoms with Gasteiger partial charge in [-0.2, -0.15) is 4.31 Å². The van der Waals surface area contributed by atoms with Gasteiger partial charge in [0.15, 0.2) is 4.21 Å². The van der Waals surface area contributed by atoms with E-state index in [4.69, 9.17) is 4.74 Å². The Morgan fingerprint density at radius 1 is 1.47 bits per heavy atom. The summed E-state index contributed by atoms with van der Waals surface area (Å²) in [5, 5.41) is 0.787. The summed E-state index contributed by atoms with van der Waals surface area (Å²) in [4.78, 5) is 4.21. The standard InChI is InChI=1S/C12H20N2O3S2/c1-4-17-11-6-5-7-14(8-11)19(15,16)12-9(2)13-10(3)18-12/h11H,4-8H2,1-3H3/t11-/m1/s1. The quantitative estimate of drug-likeness (QED) is 0.853. The second kappa shape index (κ2) is 5.87. The van der Waals surface area contributed by atoms with Crippen LogP contribution in [0.3, 0.4) is 0 Å². The number of nitrogens with zero attached hydrogens (tertiary/aromatic N) is 2. The summed E-state index contributed by atoms with van der Waals surface area (Å²) in [6, 6.07) is 0. The zero-order chi connectivity index (χ0) is 14.0. The van der Waals surface area contributed by atoms with Crippen LogP contribution in [0.15, 0.2) is 4.21 Å². The van der Waals surface area contributed by atoms with Gasteiger partial charge in [0.2, 0.25) is 0 Å². The molecule has 0 aromatic carbocycles. The second-order valence-electron chi connectivity index (χ2n) is 4.69. The predicted octanol–water partition coefficient (Wildman–Crippen LogP) is 1.95. The minimum atomic E-state index is -3.41. The van der Waals surface area contributed by atoms with Gasteiger partial charge < -0.3 is 4.74 Å². The number of piperidine rings is 1. The molecule has 0 unspecified atom stereocenters. The van der Waals surface area contributed by atoms with Crippen LogP contribution in [0, 0.1) is 13.8 Å². The lowest BCUT2D eigenvalue weighted by atomic mass is 10.1. The predicted molar refractivity (Wildman–Crippen MR) is 75.0 cm³/mol. The third kappa shape index (κ3) is 3.16. The average Bonchev–Trinajstić information content (AvgIpc) is 2.70. The summed E-state index contributed by atoms with van der Waals surface area (Å²) in [7, 11) is -3.41. The van der Waals surface area contributed by atoms with Gasteiger partial charge in [-0.05, 0) is 33.6 Å². The number of hydrogen-bond acceptors (Lipinski definition) is 5. The lowest BCUT2D eigenvalue weighted by Crippen LogP contribution is -2.43. The molecule has 1 aliphatic rings. The first-order chi connectivity index (χ1) is 8.95. The maximum absolute atomic E-state index is 12.6. The molecule has 0 spiro atoms. The fourth-order valence-corrected chi connectivity index (χ4v) is 5.49. The van der Waals surface area contributed by atoms with E-state index in [-0.39, 0.29) is 6.10 Å². The van der Waals surface area contributed by atoms with E-state index in [1.54, 1.807) is 6.92 Å². The molecule has 2 rings (SSSR count). The van der Waals surface area contributed by atoms with Gasteiger partial charge in [0.1, 0.15) is 0 Å². The van der Waals surface area contributed by atoms with Gasteiger partial charge >= 0.3 is 0 Å². The van der Waals surface area contributed by atoms with Gasteiger partial charge in [-0.3, -0.25) is 0 Å². The third-order valence-electron chi connectivity index (χ3n) is 3.18. The molecule has 7 heteroatoms. The van der Waals surface area contributed by atoms with E-state index in [0.717, 1.165) is 17.8 Å². The summed E-state index contributed by atoms with van der Waals surface area (Å²) in [5.41, 5.74) is 0.598. The highest BCUT2D eigenvalue weighted by molar-refractivity contribution is 7.91. The zero-order valence-corrected chi connectivity index (χ0v) is 13.2. The van der Waals surface area contributed by atoms with E-state index in [1.165, 1.54) is 15.6 Å². The fourth-order valence-electron chi connectivity index (χ4n) is 2.36. The van der Waals surface area contributed by atoms with Crippen molar-refractivity contribution in [2.24, 2.45) is 0 Å². The minimum absolute atomic E-state index is 0.0165. The number of rotatable bonds is 4. The second-order valence-corrected chi connectivity index (χ2v) is 8.02. The van der Waals surface area contributed by atoms with Gasteiger partial charge in [-0.1, -0.05) is 0 Å². The van der Waals surface area contributed by atoms with Crippen LogP contribution in [-0.2, 0) is 14.8 Å². The molecule has 19 heavy (non-hydrogen) atoms. The number of hydrogen-bond donors (Lipinski definition) is 0. The molecular weight excluding hydrogens is 284 g/mol. The van der Waals surface area contributed by atoms with Crippen molar-refractivity contribution in [3.05, 3.63) is 10.7 Å². The van der Waals surface area contributed by atoms with Crippen LogP contribution in [0.1, 0.15) is 30.5 Å². The highest BCUT2D eigenvalue weighted by Gasteiger charge is 2.33. The Hall–Kier alpha value is -0.500. The molecule has 1 saturated heterocycles. The largest absolute Gasteiger partial charge is 0.377 e. The fraction of sp³-hybridized carbons (Fsp3) is 0.750. The number of ether oxygens (including phenoxy) is 1. The summed E-state index contributed by atoms with van der Waals surface area (Å²) >= 11 is 1.25. The van der Waals surface area contributed by atoms with Crippen LogP contribution in [0.2, 0.25) is 0 Å². The van der Waals surface area contributed by atoms with Crippen molar-refractivity contribution in [2.45, 2.75) is 43.9 Å². The minimum Gasteiger partial charge on any atom is -0.377 e. The molecule has 5 nitrogen and oxygen atoms in total. The molecule has 2 heterocycles. The van der Waals surface area contributed by atoms with Crippen LogP contribution >= 0.6 is 11.3 Å². The molecule has 0 aliphatic carbocycles. The van der Waals surface area contributed by atoms with E-state index in [2.05, 4.69) is 4.98 Å². The number of sulfonamides is 1. The smallest absolute Gasteiger partial charge is 0.254 e. The highest BCUT2D eigenvalue weighted by atomic mass is 32.2. The Labute approximate surface area is 118 Å². The Morgan fingerprint density at radius 2 is 2.21 bits per heavy atom. The lowest BCUT2D eigenvalue weighted by Gasteiger charge is -2.31. The SMILES string of the molecule is CCO[C@@H]1CCCN(S(=O)(=O)c2sc(C)nc2C)C1.